The molecule has 0 aliphatic carbocycles. The lowest BCUT2D eigenvalue weighted by molar-refractivity contribution is 1.08. The Morgan fingerprint density at radius 2 is 1.60 bits per heavy atom. The van der Waals surface area contributed by atoms with Crippen molar-refractivity contribution in [3.8, 4) is 5.82 Å². The maximum absolute atomic E-state index is 4.51. The molecule has 0 aliphatic rings. The van der Waals surface area contributed by atoms with Crippen molar-refractivity contribution in [1.82, 2.24) is 9.55 Å². The number of benzene rings is 2. The number of nitrogens with zero attached hydrogens (tertiary/aromatic N) is 2. The summed E-state index contributed by atoms with van der Waals surface area (Å²) in [7, 11) is 0. The molecule has 2 aromatic heterocycles. The lowest BCUT2D eigenvalue weighted by Crippen LogP contribution is -1.95. The quantitative estimate of drug-likeness (QED) is 0.492. The molecule has 0 N–H and O–H groups in total. The van der Waals surface area contributed by atoms with Gasteiger partial charge in [-0.1, -0.05) is 35.9 Å². The van der Waals surface area contributed by atoms with Gasteiger partial charge in [-0.25, -0.2) is 4.98 Å². The summed E-state index contributed by atoms with van der Waals surface area (Å²) in [4.78, 5) is 4.51. The normalized spacial score (nSPS) is 11.2. The third kappa shape index (κ3) is 1.55. The molecule has 20 heavy (non-hydrogen) atoms. The molecule has 2 aromatic carbocycles. The highest BCUT2D eigenvalue weighted by atomic mass is 15.1. The van der Waals surface area contributed by atoms with Crippen molar-refractivity contribution in [2.45, 2.75) is 6.92 Å². The number of aryl methyl sites for hydroxylation is 1. The van der Waals surface area contributed by atoms with E-state index in [2.05, 4.69) is 58.9 Å². The molecule has 2 nitrogen and oxygen atoms in total. The molecule has 0 bridgehead atoms. The Kier molecular flexibility index (Phi) is 2.36. The van der Waals surface area contributed by atoms with Gasteiger partial charge in [0, 0.05) is 17.0 Å². The summed E-state index contributed by atoms with van der Waals surface area (Å²) >= 11 is 0. The predicted molar refractivity (Wildman–Crippen MR) is 83.3 cm³/mol. The van der Waals surface area contributed by atoms with E-state index >= 15 is 0 Å². The van der Waals surface area contributed by atoms with Crippen LogP contribution in [0, 0.1) is 6.92 Å². The molecule has 0 saturated carbocycles. The largest absolute Gasteiger partial charge is 0.294 e. The van der Waals surface area contributed by atoms with Crippen LogP contribution in [0.25, 0.3) is 27.6 Å². The molecule has 0 unspecified atom stereocenters. The summed E-state index contributed by atoms with van der Waals surface area (Å²) in [6, 6.07) is 21.1. The Bertz CT molecular complexity index is 905. The predicted octanol–water partition coefficient (Wildman–Crippen LogP) is 4.49. The maximum Gasteiger partial charge on any atom is 0.137 e. The molecular weight excluding hydrogens is 244 g/mol. The van der Waals surface area contributed by atoms with Crippen molar-refractivity contribution < 1.29 is 0 Å². The third-order valence-corrected chi connectivity index (χ3v) is 3.71. The fourth-order valence-corrected chi connectivity index (χ4v) is 2.82. The second kappa shape index (κ2) is 4.20. The van der Waals surface area contributed by atoms with Crippen molar-refractivity contribution in [3.63, 3.8) is 0 Å². The van der Waals surface area contributed by atoms with E-state index in [1.54, 1.807) is 0 Å². The lowest BCUT2D eigenvalue weighted by Gasteiger charge is -2.05. The van der Waals surface area contributed by atoms with E-state index in [0.29, 0.717) is 0 Å². The van der Waals surface area contributed by atoms with Crippen LogP contribution in [0.1, 0.15) is 5.56 Å². The summed E-state index contributed by atoms with van der Waals surface area (Å²) in [6.07, 6.45) is 1.84. The fraction of sp³-hybridized carbons (Fsp3) is 0.0556. The number of rotatable bonds is 1. The summed E-state index contributed by atoms with van der Waals surface area (Å²) in [5.74, 6) is 0.961. The van der Waals surface area contributed by atoms with Gasteiger partial charge in [-0.2, -0.15) is 0 Å². The second-order valence-electron chi connectivity index (χ2n) is 5.06. The molecular formula is C18H14N2. The molecule has 0 fully saturated rings. The third-order valence-electron chi connectivity index (χ3n) is 3.71. The minimum absolute atomic E-state index is 0.961. The topological polar surface area (TPSA) is 17.8 Å². The van der Waals surface area contributed by atoms with E-state index in [4.69, 9.17) is 0 Å². The van der Waals surface area contributed by atoms with Crippen LogP contribution >= 0.6 is 0 Å². The second-order valence-corrected chi connectivity index (χ2v) is 5.06. The molecule has 0 spiro atoms. The number of hydrogen-bond donors (Lipinski definition) is 0. The summed E-state index contributed by atoms with van der Waals surface area (Å²) in [5.41, 5.74) is 3.68. The van der Waals surface area contributed by atoms with Crippen molar-refractivity contribution in [2.24, 2.45) is 0 Å². The standard InChI is InChI=1S/C18H14N2/c1-13-9-10-17-15(12-13)14-6-2-3-7-16(14)20(17)18-8-4-5-11-19-18/h2-12H,1H3. The summed E-state index contributed by atoms with van der Waals surface area (Å²) in [5, 5.41) is 2.56. The first-order valence-electron chi connectivity index (χ1n) is 6.76. The van der Waals surface area contributed by atoms with Crippen LogP contribution in [0.5, 0.6) is 0 Å². The molecule has 0 radical (unpaired) electrons. The van der Waals surface area contributed by atoms with Gasteiger partial charge in [-0.05, 0) is 37.3 Å². The maximum atomic E-state index is 4.51. The minimum Gasteiger partial charge on any atom is -0.294 e. The summed E-state index contributed by atoms with van der Waals surface area (Å²) in [6.45, 7) is 2.13. The van der Waals surface area contributed by atoms with Gasteiger partial charge in [-0.3, -0.25) is 4.57 Å². The number of fused-ring (bicyclic) bond motifs is 3. The smallest absolute Gasteiger partial charge is 0.137 e. The molecule has 0 saturated heterocycles. The minimum atomic E-state index is 0.961. The van der Waals surface area contributed by atoms with Gasteiger partial charge in [0.2, 0.25) is 0 Å². The van der Waals surface area contributed by atoms with Crippen LogP contribution in [0.3, 0.4) is 0 Å². The Morgan fingerprint density at radius 3 is 2.45 bits per heavy atom. The fourth-order valence-electron chi connectivity index (χ4n) is 2.82. The van der Waals surface area contributed by atoms with Crippen molar-refractivity contribution in [3.05, 3.63) is 72.4 Å². The lowest BCUT2D eigenvalue weighted by atomic mass is 10.1. The zero-order valence-corrected chi connectivity index (χ0v) is 11.2. The highest BCUT2D eigenvalue weighted by Crippen LogP contribution is 2.31. The van der Waals surface area contributed by atoms with Gasteiger partial charge in [-0.15, -0.1) is 0 Å². The van der Waals surface area contributed by atoms with Crippen molar-refractivity contribution >= 4 is 21.8 Å². The molecule has 0 aliphatic heterocycles. The van der Waals surface area contributed by atoms with Gasteiger partial charge in [0.15, 0.2) is 0 Å². The van der Waals surface area contributed by atoms with Gasteiger partial charge >= 0.3 is 0 Å². The van der Waals surface area contributed by atoms with E-state index in [0.717, 1.165) is 5.82 Å². The molecule has 0 atom stereocenters. The zero-order valence-electron chi connectivity index (χ0n) is 11.2. The number of pyridine rings is 1. The Balaban J connectivity index is 2.22. The molecule has 4 rings (SSSR count). The van der Waals surface area contributed by atoms with Crippen molar-refractivity contribution in [2.75, 3.05) is 0 Å². The van der Waals surface area contributed by atoms with Gasteiger partial charge in [0.25, 0.3) is 0 Å². The Labute approximate surface area is 117 Å². The van der Waals surface area contributed by atoms with Gasteiger partial charge in [0.05, 0.1) is 11.0 Å². The first-order valence-corrected chi connectivity index (χ1v) is 6.76. The van der Waals surface area contributed by atoms with Crippen LogP contribution in [0.4, 0.5) is 0 Å². The average molecular weight is 258 g/mol. The molecule has 96 valence electrons. The Morgan fingerprint density at radius 1 is 0.800 bits per heavy atom. The molecule has 2 heteroatoms. The van der Waals surface area contributed by atoms with Gasteiger partial charge in [0.1, 0.15) is 5.82 Å². The molecule has 4 aromatic rings. The van der Waals surface area contributed by atoms with E-state index in [1.807, 2.05) is 24.4 Å². The van der Waals surface area contributed by atoms with Crippen molar-refractivity contribution in [1.29, 1.82) is 0 Å². The molecule has 2 heterocycles. The number of hydrogen-bond acceptors (Lipinski definition) is 1. The average Bonchev–Trinajstić information content (AvgIpc) is 2.82. The Hall–Kier alpha value is -2.61. The van der Waals surface area contributed by atoms with E-state index < -0.39 is 0 Å². The van der Waals surface area contributed by atoms with Crippen LogP contribution in [-0.4, -0.2) is 9.55 Å². The van der Waals surface area contributed by atoms with E-state index in [-0.39, 0.29) is 0 Å². The van der Waals surface area contributed by atoms with Crippen LogP contribution in [0.2, 0.25) is 0 Å². The first-order chi connectivity index (χ1) is 9.84. The van der Waals surface area contributed by atoms with Crippen LogP contribution in [0.15, 0.2) is 66.9 Å². The highest BCUT2D eigenvalue weighted by molar-refractivity contribution is 6.09. The molecule has 0 amide bonds. The van der Waals surface area contributed by atoms with Gasteiger partial charge < -0.3 is 0 Å². The monoisotopic (exact) mass is 258 g/mol. The number of para-hydroxylation sites is 1. The van der Waals surface area contributed by atoms with Crippen LogP contribution < -0.4 is 0 Å². The first kappa shape index (κ1) is 11.2. The SMILES string of the molecule is Cc1ccc2c(c1)c1ccccc1n2-c1ccccn1. The number of aromatic nitrogens is 2. The zero-order chi connectivity index (χ0) is 13.5. The summed E-state index contributed by atoms with van der Waals surface area (Å²) < 4.78 is 2.23. The van der Waals surface area contributed by atoms with E-state index in [1.165, 1.54) is 27.4 Å². The highest BCUT2D eigenvalue weighted by Gasteiger charge is 2.11. The van der Waals surface area contributed by atoms with E-state index in [9.17, 15) is 0 Å². The van der Waals surface area contributed by atoms with Crippen LogP contribution in [-0.2, 0) is 0 Å².